The average Bonchev–Trinajstić information content (AvgIpc) is 2.28. The fourth-order valence-corrected chi connectivity index (χ4v) is 1.46. The van der Waals surface area contributed by atoms with Crippen molar-refractivity contribution in [3.63, 3.8) is 0 Å². The molecule has 0 saturated heterocycles. The molecule has 1 rings (SSSR count). The van der Waals surface area contributed by atoms with Crippen LogP contribution in [0.3, 0.4) is 0 Å². The zero-order chi connectivity index (χ0) is 14.5. The molecule has 106 valence electrons. The fraction of sp³-hybridized carbons (Fsp3) is 0.417. The molecule has 1 aromatic carbocycles. The first kappa shape index (κ1) is 15.3. The highest BCUT2D eigenvalue weighted by Gasteiger charge is 2.31. The molecule has 0 heterocycles. The largest absolute Gasteiger partial charge is 0.481 e. The van der Waals surface area contributed by atoms with Gasteiger partial charge in [-0.3, -0.25) is 4.79 Å². The summed E-state index contributed by atoms with van der Waals surface area (Å²) in [7, 11) is 0. The standard InChI is InChI=1S/C12H13F4NO2/c13-9-7-8(12(14,15)16)4-5-10(9)17-6-2-1-3-11(18)19/h4-5,7,17H,1-3,6H2,(H,18,19). The quantitative estimate of drug-likeness (QED) is 0.619. The van der Waals surface area contributed by atoms with Gasteiger partial charge in [-0.2, -0.15) is 13.2 Å². The second-order valence-corrected chi connectivity index (χ2v) is 3.97. The van der Waals surface area contributed by atoms with Gasteiger partial charge in [0.1, 0.15) is 5.82 Å². The Hall–Kier alpha value is -1.79. The number of rotatable bonds is 6. The Morgan fingerprint density at radius 2 is 1.95 bits per heavy atom. The third kappa shape index (κ3) is 5.15. The number of carboxylic acid groups (broad SMARTS) is 1. The van der Waals surface area contributed by atoms with Gasteiger partial charge < -0.3 is 10.4 Å². The van der Waals surface area contributed by atoms with Crippen LogP contribution in [-0.4, -0.2) is 17.6 Å². The Labute approximate surface area is 107 Å². The molecule has 0 aliphatic rings. The minimum atomic E-state index is -4.57. The molecule has 0 radical (unpaired) electrons. The number of aliphatic carboxylic acids is 1. The van der Waals surface area contributed by atoms with Crippen molar-refractivity contribution in [2.45, 2.75) is 25.4 Å². The predicted octanol–water partition coefficient (Wildman–Crippen LogP) is 3.51. The Morgan fingerprint density at radius 3 is 2.47 bits per heavy atom. The van der Waals surface area contributed by atoms with Gasteiger partial charge in [-0.15, -0.1) is 0 Å². The molecule has 0 fully saturated rings. The number of carbonyl (C=O) groups is 1. The predicted molar refractivity (Wildman–Crippen MR) is 61.4 cm³/mol. The van der Waals surface area contributed by atoms with Crippen LogP contribution in [0.15, 0.2) is 18.2 Å². The van der Waals surface area contributed by atoms with Crippen LogP contribution in [0.2, 0.25) is 0 Å². The lowest BCUT2D eigenvalue weighted by atomic mass is 10.2. The van der Waals surface area contributed by atoms with E-state index >= 15 is 0 Å². The van der Waals surface area contributed by atoms with Gasteiger partial charge in [0.05, 0.1) is 11.3 Å². The average molecular weight is 279 g/mol. The minimum absolute atomic E-state index is 0.0111. The number of anilines is 1. The van der Waals surface area contributed by atoms with Gasteiger partial charge in [0.2, 0.25) is 0 Å². The van der Waals surface area contributed by atoms with Crippen molar-refractivity contribution in [1.82, 2.24) is 0 Å². The molecular weight excluding hydrogens is 266 g/mol. The van der Waals surface area contributed by atoms with E-state index in [1.54, 1.807) is 0 Å². The van der Waals surface area contributed by atoms with Gasteiger partial charge in [0.15, 0.2) is 0 Å². The van der Waals surface area contributed by atoms with Gasteiger partial charge in [0, 0.05) is 13.0 Å². The first-order valence-corrected chi connectivity index (χ1v) is 5.63. The second kappa shape index (κ2) is 6.40. The molecule has 0 atom stereocenters. The van der Waals surface area contributed by atoms with Gasteiger partial charge in [-0.1, -0.05) is 0 Å². The van der Waals surface area contributed by atoms with Gasteiger partial charge >= 0.3 is 12.1 Å². The van der Waals surface area contributed by atoms with E-state index in [2.05, 4.69) is 5.32 Å². The number of nitrogens with one attached hydrogen (secondary N) is 1. The number of alkyl halides is 3. The van der Waals surface area contributed by atoms with E-state index in [9.17, 15) is 22.4 Å². The summed E-state index contributed by atoms with van der Waals surface area (Å²) in [6, 6.07) is 2.25. The van der Waals surface area contributed by atoms with E-state index in [1.165, 1.54) is 0 Å². The highest BCUT2D eigenvalue weighted by molar-refractivity contribution is 5.66. The molecule has 7 heteroatoms. The van der Waals surface area contributed by atoms with Gasteiger partial charge in [-0.05, 0) is 31.0 Å². The molecular formula is C12H13F4NO2. The van der Waals surface area contributed by atoms with Crippen LogP contribution in [0.4, 0.5) is 23.2 Å². The van der Waals surface area contributed by atoms with Gasteiger partial charge in [0.25, 0.3) is 0 Å². The summed E-state index contributed by atoms with van der Waals surface area (Å²) in [4.78, 5) is 10.2. The normalized spacial score (nSPS) is 11.4. The maximum atomic E-state index is 13.4. The van der Waals surface area contributed by atoms with E-state index in [0.29, 0.717) is 25.5 Å². The molecule has 0 amide bonds. The molecule has 0 aliphatic carbocycles. The molecule has 0 spiro atoms. The lowest BCUT2D eigenvalue weighted by molar-refractivity contribution is -0.138. The number of benzene rings is 1. The summed E-state index contributed by atoms with van der Waals surface area (Å²) in [5.41, 5.74) is -1.07. The molecule has 0 saturated carbocycles. The zero-order valence-electron chi connectivity index (χ0n) is 9.93. The van der Waals surface area contributed by atoms with E-state index in [1.807, 2.05) is 0 Å². The maximum Gasteiger partial charge on any atom is 0.416 e. The maximum absolute atomic E-state index is 13.4. The van der Waals surface area contributed by atoms with E-state index in [4.69, 9.17) is 5.11 Å². The van der Waals surface area contributed by atoms with E-state index in [-0.39, 0.29) is 12.1 Å². The third-order valence-electron chi connectivity index (χ3n) is 2.43. The number of carboxylic acids is 1. The first-order valence-electron chi connectivity index (χ1n) is 5.63. The summed E-state index contributed by atoms with van der Waals surface area (Å²) in [6.45, 7) is 0.301. The van der Waals surface area contributed by atoms with Crippen molar-refractivity contribution in [1.29, 1.82) is 0 Å². The van der Waals surface area contributed by atoms with E-state index in [0.717, 1.165) is 12.1 Å². The molecule has 0 bridgehead atoms. The van der Waals surface area contributed by atoms with Crippen molar-refractivity contribution in [3.8, 4) is 0 Å². The smallest absolute Gasteiger partial charge is 0.416 e. The van der Waals surface area contributed by atoms with Crippen LogP contribution >= 0.6 is 0 Å². The number of halogens is 4. The topological polar surface area (TPSA) is 49.3 Å². The van der Waals surface area contributed by atoms with Crippen molar-refractivity contribution in [3.05, 3.63) is 29.6 Å². The van der Waals surface area contributed by atoms with Crippen LogP contribution in [0, 0.1) is 5.82 Å². The van der Waals surface area contributed by atoms with Crippen molar-refractivity contribution in [2.24, 2.45) is 0 Å². The SMILES string of the molecule is O=C(O)CCCCNc1ccc(C(F)(F)F)cc1F. The minimum Gasteiger partial charge on any atom is -0.481 e. The molecule has 3 nitrogen and oxygen atoms in total. The summed E-state index contributed by atoms with van der Waals surface area (Å²) in [5.74, 6) is -1.89. The van der Waals surface area contributed by atoms with Crippen LogP contribution in [0.25, 0.3) is 0 Å². The lowest BCUT2D eigenvalue weighted by Gasteiger charge is -2.10. The lowest BCUT2D eigenvalue weighted by Crippen LogP contribution is -2.08. The van der Waals surface area contributed by atoms with Crippen LogP contribution in [-0.2, 0) is 11.0 Å². The fourth-order valence-electron chi connectivity index (χ4n) is 1.46. The zero-order valence-corrected chi connectivity index (χ0v) is 9.93. The van der Waals surface area contributed by atoms with Crippen molar-refractivity contribution < 1.29 is 27.5 Å². The van der Waals surface area contributed by atoms with Crippen LogP contribution in [0.5, 0.6) is 0 Å². The van der Waals surface area contributed by atoms with E-state index < -0.39 is 23.5 Å². The Kier molecular flexibility index (Phi) is 5.14. The summed E-state index contributed by atoms with van der Waals surface area (Å²) >= 11 is 0. The highest BCUT2D eigenvalue weighted by Crippen LogP contribution is 2.31. The highest BCUT2D eigenvalue weighted by atomic mass is 19.4. The third-order valence-corrected chi connectivity index (χ3v) is 2.43. The Balaban J connectivity index is 2.49. The summed E-state index contributed by atoms with van der Waals surface area (Å²) in [5, 5.41) is 11.0. The van der Waals surface area contributed by atoms with Crippen molar-refractivity contribution in [2.75, 3.05) is 11.9 Å². The summed E-state index contributed by atoms with van der Waals surface area (Å²) < 4.78 is 50.2. The summed E-state index contributed by atoms with van der Waals surface area (Å²) in [6.07, 6.45) is -3.64. The number of hydrogen-bond acceptors (Lipinski definition) is 2. The van der Waals surface area contributed by atoms with Crippen LogP contribution in [0.1, 0.15) is 24.8 Å². The molecule has 19 heavy (non-hydrogen) atoms. The molecule has 0 unspecified atom stereocenters. The first-order chi connectivity index (χ1) is 8.80. The molecule has 1 aromatic rings. The second-order valence-electron chi connectivity index (χ2n) is 3.97. The Morgan fingerprint density at radius 1 is 1.26 bits per heavy atom. The van der Waals surface area contributed by atoms with Crippen LogP contribution < -0.4 is 5.32 Å². The number of unbranched alkanes of at least 4 members (excludes halogenated alkanes) is 1. The molecule has 0 aromatic heterocycles. The molecule has 0 aliphatic heterocycles. The monoisotopic (exact) mass is 279 g/mol. The molecule has 2 N–H and O–H groups in total. The Bertz CT molecular complexity index is 446. The van der Waals surface area contributed by atoms with Gasteiger partial charge in [-0.25, -0.2) is 4.39 Å². The van der Waals surface area contributed by atoms with Crippen molar-refractivity contribution >= 4 is 11.7 Å². The number of hydrogen-bond donors (Lipinski definition) is 2.